The molecule has 0 N–H and O–H groups in total. The van der Waals surface area contributed by atoms with Gasteiger partial charge in [0, 0.05) is 58.9 Å². The van der Waals surface area contributed by atoms with Crippen LogP contribution in [0.1, 0.15) is 59.3 Å². The van der Waals surface area contributed by atoms with E-state index in [1.807, 2.05) is 0 Å². The first-order chi connectivity index (χ1) is 14.5. The predicted molar refractivity (Wildman–Crippen MR) is 126 cm³/mol. The zero-order chi connectivity index (χ0) is 21.2. The molecule has 0 spiro atoms. The van der Waals surface area contributed by atoms with Crippen LogP contribution in [0.5, 0.6) is 0 Å². The van der Waals surface area contributed by atoms with E-state index in [1.165, 1.54) is 90.3 Å². The highest BCUT2D eigenvalue weighted by Gasteiger charge is 2.23. The summed E-state index contributed by atoms with van der Waals surface area (Å²) in [5, 5.41) is 0. The molecule has 0 saturated carbocycles. The van der Waals surface area contributed by atoms with Crippen LogP contribution >= 0.6 is 0 Å². The third kappa shape index (κ3) is 8.35. The standard InChI is InChI=1S/C24H47N5O/c1-24(2,3)9-5-8-11-26-15-17-27(18-16-26)14-10-25-23(28-12-6-4-7-13-28)29-19-21-30-22-20-29/h4-22H2,1-3H3. The van der Waals surface area contributed by atoms with Gasteiger partial charge in [-0.1, -0.05) is 27.2 Å². The number of hydrogen-bond donors (Lipinski definition) is 0. The average Bonchev–Trinajstić information content (AvgIpc) is 2.76. The fraction of sp³-hybridized carbons (Fsp3) is 0.958. The minimum Gasteiger partial charge on any atom is -0.378 e. The molecule has 0 atom stereocenters. The first-order valence-corrected chi connectivity index (χ1v) is 12.6. The van der Waals surface area contributed by atoms with E-state index < -0.39 is 0 Å². The maximum Gasteiger partial charge on any atom is 0.196 e. The molecule has 0 aromatic rings. The summed E-state index contributed by atoms with van der Waals surface area (Å²) in [7, 11) is 0. The molecule has 0 aromatic heterocycles. The monoisotopic (exact) mass is 421 g/mol. The summed E-state index contributed by atoms with van der Waals surface area (Å²) < 4.78 is 5.57. The van der Waals surface area contributed by atoms with Crippen LogP contribution in [0.15, 0.2) is 4.99 Å². The fourth-order valence-corrected chi connectivity index (χ4v) is 4.78. The maximum atomic E-state index is 5.57. The van der Waals surface area contributed by atoms with Crippen molar-refractivity contribution >= 4 is 5.96 Å². The molecule has 3 fully saturated rings. The first-order valence-electron chi connectivity index (χ1n) is 12.6. The van der Waals surface area contributed by atoms with Gasteiger partial charge in [-0.2, -0.15) is 0 Å². The second kappa shape index (κ2) is 12.3. The van der Waals surface area contributed by atoms with Crippen molar-refractivity contribution in [2.24, 2.45) is 10.4 Å². The van der Waals surface area contributed by atoms with Crippen LogP contribution in [0.25, 0.3) is 0 Å². The van der Waals surface area contributed by atoms with E-state index in [4.69, 9.17) is 9.73 Å². The van der Waals surface area contributed by atoms with Crippen molar-refractivity contribution in [3.63, 3.8) is 0 Å². The number of likely N-dealkylation sites (tertiary alicyclic amines) is 1. The molecule has 3 heterocycles. The summed E-state index contributed by atoms with van der Waals surface area (Å²) in [6.07, 6.45) is 8.03. The van der Waals surface area contributed by atoms with Crippen LogP contribution in [0.4, 0.5) is 0 Å². The number of piperidine rings is 1. The van der Waals surface area contributed by atoms with E-state index in [9.17, 15) is 0 Å². The van der Waals surface area contributed by atoms with Gasteiger partial charge in [-0.25, -0.2) is 0 Å². The van der Waals surface area contributed by atoms with Gasteiger partial charge in [0.25, 0.3) is 0 Å². The van der Waals surface area contributed by atoms with Gasteiger partial charge >= 0.3 is 0 Å². The third-order valence-corrected chi connectivity index (χ3v) is 6.72. The summed E-state index contributed by atoms with van der Waals surface area (Å²) in [6.45, 7) is 21.2. The van der Waals surface area contributed by atoms with E-state index >= 15 is 0 Å². The van der Waals surface area contributed by atoms with Crippen LogP contribution in [-0.2, 0) is 4.74 Å². The number of nitrogens with zero attached hydrogens (tertiary/aromatic N) is 5. The SMILES string of the molecule is CC(C)(C)CCCCN1CCN(CCN=C(N2CCCCC2)N2CCOCC2)CC1. The van der Waals surface area contributed by atoms with Crippen molar-refractivity contribution in [3.05, 3.63) is 0 Å². The summed E-state index contributed by atoms with van der Waals surface area (Å²) in [5.41, 5.74) is 0.480. The van der Waals surface area contributed by atoms with Crippen LogP contribution in [0.3, 0.4) is 0 Å². The Morgan fingerprint density at radius 2 is 1.33 bits per heavy atom. The highest BCUT2D eigenvalue weighted by Crippen LogP contribution is 2.21. The lowest BCUT2D eigenvalue weighted by atomic mass is 9.90. The zero-order valence-electron chi connectivity index (χ0n) is 20.1. The molecule has 0 unspecified atom stereocenters. The highest BCUT2D eigenvalue weighted by atomic mass is 16.5. The number of morpholine rings is 1. The van der Waals surface area contributed by atoms with Crippen LogP contribution in [0, 0.1) is 5.41 Å². The Hall–Kier alpha value is -0.850. The Labute approximate surface area is 185 Å². The minimum absolute atomic E-state index is 0.480. The summed E-state index contributed by atoms with van der Waals surface area (Å²) in [6, 6.07) is 0. The normalized spacial score (nSPS) is 23.2. The molecule has 3 saturated heterocycles. The number of piperazine rings is 1. The molecule has 3 rings (SSSR count). The molecule has 6 heteroatoms. The summed E-state index contributed by atoms with van der Waals surface area (Å²) >= 11 is 0. The summed E-state index contributed by atoms with van der Waals surface area (Å²) in [4.78, 5) is 15.4. The van der Waals surface area contributed by atoms with Gasteiger partial charge in [0.1, 0.15) is 0 Å². The van der Waals surface area contributed by atoms with E-state index in [0.717, 1.165) is 39.4 Å². The number of aliphatic imine (C=N–C) groups is 1. The lowest BCUT2D eigenvalue weighted by molar-refractivity contribution is 0.0611. The zero-order valence-corrected chi connectivity index (χ0v) is 20.1. The lowest BCUT2D eigenvalue weighted by Crippen LogP contribution is -2.51. The maximum absolute atomic E-state index is 5.57. The van der Waals surface area contributed by atoms with Gasteiger partial charge in [-0.3, -0.25) is 9.89 Å². The number of ether oxygens (including phenoxy) is 1. The summed E-state index contributed by atoms with van der Waals surface area (Å²) in [5.74, 6) is 1.25. The molecule has 0 amide bonds. The van der Waals surface area contributed by atoms with Gasteiger partial charge in [0.05, 0.1) is 19.8 Å². The molecular weight excluding hydrogens is 374 g/mol. The van der Waals surface area contributed by atoms with Crippen LogP contribution < -0.4 is 0 Å². The fourth-order valence-electron chi connectivity index (χ4n) is 4.78. The molecular formula is C24H47N5O. The molecule has 3 aliphatic heterocycles. The lowest BCUT2D eigenvalue weighted by Gasteiger charge is -2.38. The van der Waals surface area contributed by atoms with Gasteiger partial charge in [0.15, 0.2) is 5.96 Å². The van der Waals surface area contributed by atoms with Crippen molar-refractivity contribution in [1.82, 2.24) is 19.6 Å². The molecule has 3 aliphatic rings. The molecule has 174 valence electrons. The Bertz CT molecular complexity index is 478. The Morgan fingerprint density at radius 1 is 0.733 bits per heavy atom. The number of unbranched alkanes of at least 4 members (excludes halogenated alkanes) is 1. The first kappa shape index (κ1) is 23.8. The third-order valence-electron chi connectivity index (χ3n) is 6.72. The van der Waals surface area contributed by atoms with Crippen LogP contribution in [-0.4, -0.2) is 111 Å². The molecule has 30 heavy (non-hydrogen) atoms. The van der Waals surface area contributed by atoms with E-state index in [-0.39, 0.29) is 0 Å². The predicted octanol–water partition coefficient (Wildman–Crippen LogP) is 2.99. The quantitative estimate of drug-likeness (QED) is 0.359. The Kier molecular flexibility index (Phi) is 9.72. The van der Waals surface area contributed by atoms with E-state index in [1.54, 1.807) is 0 Å². The average molecular weight is 422 g/mol. The molecule has 0 radical (unpaired) electrons. The second-order valence-corrected chi connectivity index (χ2v) is 10.5. The topological polar surface area (TPSA) is 34.5 Å². The van der Waals surface area contributed by atoms with Crippen LogP contribution in [0.2, 0.25) is 0 Å². The molecule has 0 aliphatic carbocycles. The van der Waals surface area contributed by atoms with Gasteiger partial charge in [0.2, 0.25) is 0 Å². The van der Waals surface area contributed by atoms with E-state index in [0.29, 0.717) is 5.41 Å². The molecule has 6 nitrogen and oxygen atoms in total. The van der Waals surface area contributed by atoms with Crippen molar-refractivity contribution in [1.29, 1.82) is 0 Å². The minimum atomic E-state index is 0.480. The largest absolute Gasteiger partial charge is 0.378 e. The number of rotatable bonds is 7. The van der Waals surface area contributed by atoms with Gasteiger partial charge in [-0.15, -0.1) is 0 Å². The van der Waals surface area contributed by atoms with Gasteiger partial charge < -0.3 is 19.4 Å². The molecule has 0 aromatic carbocycles. The molecule has 0 bridgehead atoms. The highest BCUT2D eigenvalue weighted by molar-refractivity contribution is 5.80. The van der Waals surface area contributed by atoms with E-state index in [2.05, 4.69) is 40.4 Å². The smallest absolute Gasteiger partial charge is 0.196 e. The number of guanidine groups is 1. The van der Waals surface area contributed by atoms with Crippen molar-refractivity contribution in [3.8, 4) is 0 Å². The van der Waals surface area contributed by atoms with Crippen molar-refractivity contribution in [2.45, 2.75) is 59.3 Å². The van der Waals surface area contributed by atoms with Crippen molar-refractivity contribution < 1.29 is 4.74 Å². The van der Waals surface area contributed by atoms with Gasteiger partial charge in [-0.05, 0) is 44.1 Å². The Morgan fingerprint density at radius 3 is 1.97 bits per heavy atom. The Balaban J connectivity index is 1.38. The number of hydrogen-bond acceptors (Lipinski definition) is 4. The van der Waals surface area contributed by atoms with Crippen molar-refractivity contribution in [2.75, 3.05) is 85.2 Å². The second-order valence-electron chi connectivity index (χ2n) is 10.5.